The molecule has 1 heterocycles. The third-order valence-electron chi connectivity index (χ3n) is 3.09. The number of nitrogens with zero attached hydrogens (tertiary/aromatic N) is 1. The standard InChI is InChI=1S/C12H16F2N2O.ClH/c13-8-11(16-5-3-15-4-6-16)10-7-9(14)1-2-12(10)17;/h1-2,7,11,15,17H,3-6,8H2;1H/t11-;/m0./s1. The number of phenolic OH excluding ortho intramolecular Hbond substituents is 1. The Labute approximate surface area is 111 Å². The zero-order chi connectivity index (χ0) is 12.3. The maximum absolute atomic E-state index is 13.1. The molecule has 0 spiro atoms. The van der Waals surface area contributed by atoms with Gasteiger partial charge in [-0.2, -0.15) is 0 Å². The van der Waals surface area contributed by atoms with Crippen molar-refractivity contribution in [3.63, 3.8) is 0 Å². The van der Waals surface area contributed by atoms with Gasteiger partial charge in [-0.05, 0) is 18.2 Å². The zero-order valence-electron chi connectivity index (χ0n) is 9.90. The van der Waals surface area contributed by atoms with Gasteiger partial charge in [-0.25, -0.2) is 8.78 Å². The van der Waals surface area contributed by atoms with Crippen molar-refractivity contribution >= 4 is 12.4 Å². The second-order valence-electron chi connectivity index (χ2n) is 4.16. The summed E-state index contributed by atoms with van der Waals surface area (Å²) in [6.07, 6.45) is 0. The van der Waals surface area contributed by atoms with Gasteiger partial charge in [0.25, 0.3) is 0 Å². The highest BCUT2D eigenvalue weighted by Crippen LogP contribution is 2.29. The number of benzene rings is 1. The van der Waals surface area contributed by atoms with Crippen LogP contribution in [-0.4, -0.2) is 42.9 Å². The van der Waals surface area contributed by atoms with Gasteiger partial charge >= 0.3 is 0 Å². The van der Waals surface area contributed by atoms with Crippen LogP contribution in [0.15, 0.2) is 18.2 Å². The summed E-state index contributed by atoms with van der Waals surface area (Å²) in [5.74, 6) is -0.501. The number of phenols is 1. The molecule has 6 heteroatoms. The molecule has 0 unspecified atom stereocenters. The molecule has 0 aliphatic carbocycles. The molecule has 102 valence electrons. The van der Waals surface area contributed by atoms with E-state index < -0.39 is 18.5 Å². The summed E-state index contributed by atoms with van der Waals surface area (Å²) in [6.45, 7) is 2.34. The van der Waals surface area contributed by atoms with Gasteiger partial charge in [0.05, 0.1) is 6.04 Å². The summed E-state index contributed by atoms with van der Waals surface area (Å²) >= 11 is 0. The van der Waals surface area contributed by atoms with E-state index in [0.717, 1.165) is 13.1 Å². The first-order chi connectivity index (χ1) is 8.22. The Kier molecular flexibility index (Phi) is 5.78. The highest BCUT2D eigenvalue weighted by molar-refractivity contribution is 5.85. The molecule has 1 fully saturated rings. The van der Waals surface area contributed by atoms with Gasteiger partial charge in [0.15, 0.2) is 0 Å². The minimum atomic E-state index is -0.628. The van der Waals surface area contributed by atoms with Crippen molar-refractivity contribution in [3.8, 4) is 5.75 Å². The normalized spacial score (nSPS) is 18.1. The highest BCUT2D eigenvalue weighted by Gasteiger charge is 2.24. The maximum atomic E-state index is 13.1. The van der Waals surface area contributed by atoms with Gasteiger partial charge in [0.1, 0.15) is 18.2 Å². The molecule has 1 aliphatic heterocycles. The molecular weight excluding hydrogens is 262 g/mol. The highest BCUT2D eigenvalue weighted by atomic mass is 35.5. The van der Waals surface area contributed by atoms with Crippen molar-refractivity contribution in [1.29, 1.82) is 0 Å². The lowest BCUT2D eigenvalue weighted by atomic mass is 10.0. The number of hydrogen-bond donors (Lipinski definition) is 2. The fourth-order valence-electron chi connectivity index (χ4n) is 2.16. The molecular formula is C12H17ClF2N2O. The van der Waals surface area contributed by atoms with Crippen LogP contribution < -0.4 is 5.32 Å². The van der Waals surface area contributed by atoms with Crippen LogP contribution in [0.2, 0.25) is 0 Å². The smallest absolute Gasteiger partial charge is 0.123 e. The Balaban J connectivity index is 0.00000162. The lowest BCUT2D eigenvalue weighted by molar-refractivity contribution is 0.145. The first-order valence-electron chi connectivity index (χ1n) is 5.71. The first-order valence-corrected chi connectivity index (χ1v) is 5.71. The third kappa shape index (κ3) is 3.31. The van der Waals surface area contributed by atoms with E-state index in [4.69, 9.17) is 0 Å². The number of rotatable bonds is 3. The van der Waals surface area contributed by atoms with Crippen molar-refractivity contribution in [2.45, 2.75) is 6.04 Å². The fraction of sp³-hybridized carbons (Fsp3) is 0.500. The predicted octanol–water partition coefficient (Wildman–Crippen LogP) is 1.87. The molecule has 0 radical (unpaired) electrons. The predicted molar refractivity (Wildman–Crippen MR) is 68.5 cm³/mol. The van der Waals surface area contributed by atoms with Crippen LogP contribution in [0.5, 0.6) is 5.75 Å². The minimum Gasteiger partial charge on any atom is -0.508 e. The van der Waals surface area contributed by atoms with Gasteiger partial charge in [0.2, 0.25) is 0 Å². The molecule has 18 heavy (non-hydrogen) atoms. The third-order valence-corrected chi connectivity index (χ3v) is 3.09. The van der Waals surface area contributed by atoms with E-state index >= 15 is 0 Å². The van der Waals surface area contributed by atoms with E-state index in [9.17, 15) is 13.9 Å². The lowest BCUT2D eigenvalue weighted by Crippen LogP contribution is -2.45. The van der Waals surface area contributed by atoms with Crippen molar-refractivity contribution in [2.24, 2.45) is 0 Å². The van der Waals surface area contributed by atoms with E-state index in [1.807, 2.05) is 4.90 Å². The van der Waals surface area contributed by atoms with Crippen LogP contribution in [0.4, 0.5) is 8.78 Å². The second-order valence-corrected chi connectivity index (χ2v) is 4.16. The molecule has 1 atom stereocenters. The van der Waals surface area contributed by atoms with Gasteiger partial charge in [-0.15, -0.1) is 12.4 Å². The lowest BCUT2D eigenvalue weighted by Gasteiger charge is -2.33. The Bertz CT molecular complexity index is 386. The topological polar surface area (TPSA) is 35.5 Å². The number of alkyl halides is 1. The second kappa shape index (κ2) is 6.87. The molecule has 0 saturated carbocycles. The molecule has 1 aliphatic rings. The Hall–Kier alpha value is -0.910. The molecule has 0 amide bonds. The summed E-state index contributed by atoms with van der Waals surface area (Å²) in [5.41, 5.74) is 0.328. The summed E-state index contributed by atoms with van der Waals surface area (Å²) in [5, 5.41) is 12.9. The van der Waals surface area contributed by atoms with Crippen LogP contribution >= 0.6 is 12.4 Å². The van der Waals surface area contributed by atoms with Gasteiger partial charge in [0, 0.05) is 31.7 Å². The van der Waals surface area contributed by atoms with E-state index in [-0.39, 0.29) is 18.2 Å². The molecule has 3 nitrogen and oxygen atoms in total. The average molecular weight is 279 g/mol. The zero-order valence-corrected chi connectivity index (χ0v) is 10.7. The molecule has 2 rings (SSSR count). The fourth-order valence-corrected chi connectivity index (χ4v) is 2.16. The largest absolute Gasteiger partial charge is 0.508 e. The summed E-state index contributed by atoms with van der Waals surface area (Å²) in [6, 6.07) is 3.09. The van der Waals surface area contributed by atoms with E-state index in [0.29, 0.717) is 18.7 Å². The SMILES string of the molecule is Cl.Oc1ccc(F)cc1[C@H](CF)N1CCNCC1. The summed E-state index contributed by atoms with van der Waals surface area (Å²) in [4.78, 5) is 1.92. The van der Waals surface area contributed by atoms with Crippen LogP contribution in [0.3, 0.4) is 0 Å². The number of piperazine rings is 1. The van der Waals surface area contributed by atoms with Crippen molar-refractivity contribution in [1.82, 2.24) is 10.2 Å². The van der Waals surface area contributed by atoms with Crippen LogP contribution in [0.25, 0.3) is 0 Å². The molecule has 1 aromatic rings. The van der Waals surface area contributed by atoms with E-state index in [1.54, 1.807) is 0 Å². The van der Waals surface area contributed by atoms with Gasteiger partial charge in [-0.3, -0.25) is 4.90 Å². The number of aromatic hydroxyl groups is 1. The molecule has 2 N–H and O–H groups in total. The molecule has 0 bridgehead atoms. The van der Waals surface area contributed by atoms with Crippen molar-refractivity contribution in [2.75, 3.05) is 32.9 Å². The summed E-state index contributed by atoms with van der Waals surface area (Å²) < 4.78 is 26.3. The van der Waals surface area contributed by atoms with Crippen LogP contribution in [0, 0.1) is 5.82 Å². The van der Waals surface area contributed by atoms with Gasteiger partial charge in [-0.1, -0.05) is 0 Å². The molecule has 0 aromatic heterocycles. The number of nitrogens with one attached hydrogen (secondary N) is 1. The van der Waals surface area contributed by atoms with Crippen LogP contribution in [0.1, 0.15) is 11.6 Å². The van der Waals surface area contributed by atoms with Crippen molar-refractivity contribution in [3.05, 3.63) is 29.6 Å². The molecule has 1 aromatic carbocycles. The van der Waals surface area contributed by atoms with Gasteiger partial charge < -0.3 is 10.4 Å². The number of hydrogen-bond acceptors (Lipinski definition) is 3. The average Bonchev–Trinajstić information content (AvgIpc) is 2.36. The first kappa shape index (κ1) is 15.1. The maximum Gasteiger partial charge on any atom is 0.123 e. The Morgan fingerprint density at radius 2 is 2.00 bits per heavy atom. The van der Waals surface area contributed by atoms with Crippen molar-refractivity contribution < 1.29 is 13.9 Å². The minimum absolute atomic E-state index is 0. The van der Waals surface area contributed by atoms with E-state index in [2.05, 4.69) is 5.32 Å². The monoisotopic (exact) mass is 278 g/mol. The Morgan fingerprint density at radius 3 is 2.61 bits per heavy atom. The van der Waals surface area contributed by atoms with E-state index in [1.165, 1.54) is 18.2 Å². The number of halogens is 3. The molecule has 1 saturated heterocycles. The van der Waals surface area contributed by atoms with Crippen LogP contribution in [-0.2, 0) is 0 Å². The summed E-state index contributed by atoms with van der Waals surface area (Å²) in [7, 11) is 0. The Morgan fingerprint density at radius 1 is 1.33 bits per heavy atom. The quantitative estimate of drug-likeness (QED) is 0.886.